The van der Waals surface area contributed by atoms with E-state index in [1.54, 1.807) is 6.33 Å². The molecule has 0 amide bonds. The smallest absolute Gasteiger partial charge is 0.503 e. The Kier molecular flexibility index (Phi) is 9.94. The summed E-state index contributed by atoms with van der Waals surface area (Å²) >= 11 is 0. The minimum atomic E-state index is -0.158. The van der Waals surface area contributed by atoms with Gasteiger partial charge in [0.05, 0.1) is 11.5 Å². The van der Waals surface area contributed by atoms with Gasteiger partial charge >= 0.3 is 21.1 Å². The van der Waals surface area contributed by atoms with E-state index in [9.17, 15) is 0 Å². The van der Waals surface area contributed by atoms with Gasteiger partial charge in [0.1, 0.15) is 12.1 Å². The van der Waals surface area contributed by atoms with Gasteiger partial charge in [-0.05, 0) is 104 Å². The van der Waals surface area contributed by atoms with Crippen LogP contribution in [-0.4, -0.2) is 24.3 Å². The summed E-state index contributed by atoms with van der Waals surface area (Å²) in [5.74, 6) is 2.63. The van der Waals surface area contributed by atoms with Crippen molar-refractivity contribution >= 4 is 21.8 Å². The first-order chi connectivity index (χ1) is 25.7. The molecule has 0 aliphatic carbocycles. The monoisotopic (exact) mass is 902 g/mol. The van der Waals surface area contributed by atoms with Crippen LogP contribution in [0.2, 0.25) is 0 Å². The van der Waals surface area contributed by atoms with Gasteiger partial charge in [0, 0.05) is 23.2 Å². The first-order valence-corrected chi connectivity index (χ1v) is 18.5. The zero-order chi connectivity index (χ0) is 38.1. The maximum atomic E-state index is 6.77. The fourth-order valence-electron chi connectivity index (χ4n) is 7.99. The van der Waals surface area contributed by atoms with E-state index in [1.807, 2.05) is 10.9 Å². The number of para-hydroxylation sites is 1. The molecule has 0 unspecified atom stereocenters. The van der Waals surface area contributed by atoms with Gasteiger partial charge in [0.15, 0.2) is 0 Å². The number of hydrogen-bond donors (Lipinski definition) is 0. The maximum absolute atomic E-state index is 6.77. The summed E-state index contributed by atoms with van der Waals surface area (Å²) < 4.78 is 10.8. The number of rotatable bonds is 6. The molecule has 0 aliphatic heterocycles. The summed E-state index contributed by atoms with van der Waals surface area (Å²) in [5, 5.41) is 7.18. The van der Waals surface area contributed by atoms with Crippen molar-refractivity contribution in [3.63, 3.8) is 0 Å². The number of aromatic nitrogens is 5. The molecule has 0 fully saturated rings. The van der Waals surface area contributed by atoms with Gasteiger partial charge in [-0.3, -0.25) is 4.98 Å². The Hall–Kier alpha value is -5.32. The first kappa shape index (κ1) is 38.0. The average Bonchev–Trinajstić information content (AvgIpc) is 3.70. The topological polar surface area (TPSA) is 57.8 Å². The minimum Gasteiger partial charge on any atom is -0.503 e. The van der Waals surface area contributed by atoms with Gasteiger partial charge in [-0.15, -0.1) is 34.2 Å². The number of aryl methyl sites for hydroxylation is 7. The molecule has 3 aromatic heterocycles. The van der Waals surface area contributed by atoms with E-state index >= 15 is 0 Å². The minimum absolute atomic E-state index is 0. The number of fused-ring (bicyclic) bond motifs is 3. The van der Waals surface area contributed by atoms with Crippen LogP contribution in [0.4, 0.5) is 0 Å². The molecule has 0 bridgehead atoms. The normalized spacial score (nSPS) is 11.7. The predicted molar refractivity (Wildman–Crippen MR) is 220 cm³/mol. The quantitative estimate of drug-likeness (QED) is 0.156. The summed E-state index contributed by atoms with van der Waals surface area (Å²) in [6.45, 7) is 21.5. The zero-order valence-electron chi connectivity index (χ0n) is 33.1. The molecule has 55 heavy (non-hydrogen) atoms. The summed E-state index contributed by atoms with van der Waals surface area (Å²) in [4.78, 5) is 9.68. The van der Waals surface area contributed by atoms with E-state index in [2.05, 4.69) is 165 Å². The summed E-state index contributed by atoms with van der Waals surface area (Å²) in [6.07, 6.45) is 3.69. The van der Waals surface area contributed by atoms with Crippen LogP contribution in [0.3, 0.4) is 0 Å². The summed E-state index contributed by atoms with van der Waals surface area (Å²) in [6, 6.07) is 35.2. The number of benzene rings is 5. The summed E-state index contributed by atoms with van der Waals surface area (Å²) in [5.41, 5.74) is 15.4. The zero-order valence-corrected chi connectivity index (χ0v) is 35.4. The molecule has 6 nitrogen and oxygen atoms in total. The molecule has 5 aromatic carbocycles. The van der Waals surface area contributed by atoms with Crippen LogP contribution in [0.15, 0.2) is 91.4 Å². The number of pyridine rings is 1. The van der Waals surface area contributed by atoms with Crippen molar-refractivity contribution in [2.24, 2.45) is 0 Å². The molecular weight excluding hydrogens is 858 g/mol. The van der Waals surface area contributed by atoms with Gasteiger partial charge in [-0.1, -0.05) is 98.9 Å². The second-order valence-corrected chi connectivity index (χ2v) is 15.8. The van der Waals surface area contributed by atoms with Crippen LogP contribution in [0.1, 0.15) is 65.3 Å². The average molecular weight is 903 g/mol. The molecule has 0 spiro atoms. The van der Waals surface area contributed by atoms with Crippen LogP contribution in [-0.2, 0) is 26.5 Å². The van der Waals surface area contributed by atoms with Crippen molar-refractivity contribution in [2.45, 2.75) is 74.7 Å². The summed E-state index contributed by atoms with van der Waals surface area (Å²) in [7, 11) is 0. The van der Waals surface area contributed by atoms with E-state index in [-0.39, 0.29) is 26.5 Å². The van der Waals surface area contributed by atoms with Gasteiger partial charge in [0.25, 0.3) is 0 Å². The predicted octanol–water partition coefficient (Wildman–Crippen LogP) is 11.9. The molecular formula is C48H45N5OPt. The number of ether oxygens (including phenoxy) is 1. The SMILES string of the molecule is Cc1cc(C)c(-c2ccnc(-n3c4[c-]c(Oc5[c-]c(-c6ncn(-c7c(C)cc(C)cc7C)n6)cc(C(C)(C)C)c5)c(C)cc4c4ccccc43)c2)c(C)c1.[Pt+2]. The molecule has 8 aromatic rings. The van der Waals surface area contributed by atoms with E-state index in [1.165, 1.54) is 27.8 Å². The Bertz CT molecular complexity index is 2720. The largest absolute Gasteiger partial charge is 2.00 e. The van der Waals surface area contributed by atoms with Gasteiger partial charge in [0.2, 0.25) is 0 Å². The molecule has 0 radical (unpaired) electrons. The first-order valence-electron chi connectivity index (χ1n) is 18.5. The van der Waals surface area contributed by atoms with Crippen molar-refractivity contribution in [1.29, 1.82) is 0 Å². The van der Waals surface area contributed by atoms with Crippen LogP contribution < -0.4 is 4.74 Å². The van der Waals surface area contributed by atoms with Gasteiger partial charge in [-0.25, -0.2) is 9.67 Å². The molecule has 3 heterocycles. The second-order valence-electron chi connectivity index (χ2n) is 15.8. The van der Waals surface area contributed by atoms with Crippen LogP contribution in [0.25, 0.3) is 55.8 Å². The van der Waals surface area contributed by atoms with E-state index in [4.69, 9.17) is 19.8 Å². The molecule has 8 rings (SSSR count). The van der Waals surface area contributed by atoms with E-state index in [0.29, 0.717) is 17.3 Å². The Morgan fingerprint density at radius 1 is 0.673 bits per heavy atom. The molecule has 0 N–H and O–H groups in total. The second kappa shape index (κ2) is 14.4. The molecule has 7 heteroatoms. The maximum Gasteiger partial charge on any atom is 2.00 e. The molecule has 278 valence electrons. The molecule has 0 aliphatic rings. The van der Waals surface area contributed by atoms with E-state index in [0.717, 1.165) is 66.7 Å². The Labute approximate surface area is 338 Å². The van der Waals surface area contributed by atoms with Crippen molar-refractivity contribution in [2.75, 3.05) is 0 Å². The Morgan fingerprint density at radius 3 is 2.04 bits per heavy atom. The molecule has 0 atom stereocenters. The van der Waals surface area contributed by atoms with Crippen LogP contribution in [0.5, 0.6) is 11.5 Å². The molecule has 0 saturated carbocycles. The Balaban J connectivity index is 0.00000465. The number of hydrogen-bond acceptors (Lipinski definition) is 4. The van der Waals surface area contributed by atoms with Crippen molar-refractivity contribution in [3.05, 3.63) is 148 Å². The number of nitrogens with zero attached hydrogens (tertiary/aromatic N) is 5. The van der Waals surface area contributed by atoms with E-state index < -0.39 is 0 Å². The van der Waals surface area contributed by atoms with Crippen LogP contribution >= 0.6 is 0 Å². The van der Waals surface area contributed by atoms with Crippen molar-refractivity contribution < 1.29 is 25.8 Å². The molecule has 0 saturated heterocycles. The fourth-order valence-corrected chi connectivity index (χ4v) is 7.99. The van der Waals surface area contributed by atoms with Crippen molar-refractivity contribution in [3.8, 4) is 45.5 Å². The standard InChI is InChI=1S/C48H45N5O.Pt/c1-28-17-31(4)45(32(5)18-28)35-15-16-49-44(24-35)53-41-14-12-11-13-39(41)40-21-30(3)43(26-42(40)53)54-38-23-36(22-37(25-38)48(8,9)10)47-50-27-52(51-47)46-33(6)19-29(2)20-34(46)7;/h11-22,24-25,27H,1-10H3;/q-2;+2. The van der Waals surface area contributed by atoms with Gasteiger partial charge < -0.3 is 9.30 Å². The van der Waals surface area contributed by atoms with Crippen molar-refractivity contribution in [1.82, 2.24) is 24.3 Å². The Morgan fingerprint density at radius 2 is 1.35 bits per heavy atom. The fraction of sp³-hybridized carbons (Fsp3) is 0.229. The van der Waals surface area contributed by atoms with Crippen LogP contribution in [0, 0.1) is 60.6 Å². The third-order valence-corrected chi connectivity index (χ3v) is 10.3. The third kappa shape index (κ3) is 7.05. The van der Waals surface area contributed by atoms with Gasteiger partial charge in [-0.2, -0.15) is 11.2 Å². The third-order valence-electron chi connectivity index (χ3n) is 10.3.